The molecule has 0 saturated heterocycles. The van der Waals surface area contributed by atoms with Crippen molar-refractivity contribution in [3.63, 3.8) is 0 Å². The molecule has 0 aromatic carbocycles. The van der Waals surface area contributed by atoms with E-state index in [9.17, 15) is 0 Å². The number of nitrogens with one attached hydrogen (secondary N) is 1. The Morgan fingerprint density at radius 3 is 2.44 bits per heavy atom. The number of pyridine rings is 1. The quantitative estimate of drug-likeness (QED) is 0.623. The van der Waals surface area contributed by atoms with Gasteiger partial charge in [-0.2, -0.15) is 0 Å². The number of nitrogens with zero attached hydrogens (tertiary/aromatic N) is 1. The van der Waals surface area contributed by atoms with E-state index in [1.165, 1.54) is 0 Å². The first kappa shape index (κ1) is 15.1. The summed E-state index contributed by atoms with van der Waals surface area (Å²) in [5.74, 6) is 5.71. The maximum Gasteiger partial charge on any atom is 0.0831 e. The second-order valence-electron chi connectivity index (χ2n) is 5.62. The van der Waals surface area contributed by atoms with Crippen LogP contribution in [0.2, 0.25) is 0 Å². The zero-order chi connectivity index (χ0) is 13.8. The molecule has 0 spiro atoms. The summed E-state index contributed by atoms with van der Waals surface area (Å²) < 4.78 is 5.87. The molecule has 0 aliphatic carbocycles. The van der Waals surface area contributed by atoms with Crippen LogP contribution in [0.1, 0.15) is 45.0 Å². The highest BCUT2D eigenvalue weighted by molar-refractivity contribution is 5.19. The molecule has 4 nitrogen and oxygen atoms in total. The van der Waals surface area contributed by atoms with Gasteiger partial charge >= 0.3 is 0 Å². The first-order chi connectivity index (χ1) is 8.40. The van der Waals surface area contributed by atoms with Gasteiger partial charge in [-0.05, 0) is 30.9 Å². The number of nitrogens with two attached hydrogens (primary N) is 1. The molecule has 2 atom stereocenters. The minimum atomic E-state index is -0.0574. The molecule has 0 bridgehead atoms. The van der Waals surface area contributed by atoms with Crippen molar-refractivity contribution < 1.29 is 4.74 Å². The summed E-state index contributed by atoms with van der Waals surface area (Å²) >= 11 is 0. The Bertz CT molecular complexity index is 356. The molecule has 0 aliphatic heterocycles. The smallest absolute Gasteiger partial charge is 0.0831 e. The summed E-state index contributed by atoms with van der Waals surface area (Å²) in [6.45, 7) is 11.1. The highest BCUT2D eigenvalue weighted by atomic mass is 16.5. The molecule has 2 unspecified atom stereocenters. The Morgan fingerprint density at radius 2 is 2.06 bits per heavy atom. The van der Waals surface area contributed by atoms with Gasteiger partial charge in [-0.15, -0.1) is 0 Å². The first-order valence-corrected chi connectivity index (χ1v) is 6.40. The van der Waals surface area contributed by atoms with Gasteiger partial charge in [-0.1, -0.05) is 26.8 Å². The van der Waals surface area contributed by atoms with Crippen LogP contribution in [0.4, 0.5) is 0 Å². The SMILES string of the molecule is CCOC(C(NN)c1ccc(C)nc1)C(C)(C)C. The molecule has 1 aromatic rings. The Hall–Kier alpha value is -0.970. The third-order valence-electron chi connectivity index (χ3n) is 2.98. The van der Waals surface area contributed by atoms with Crippen LogP contribution in [-0.4, -0.2) is 17.7 Å². The third-order valence-corrected chi connectivity index (χ3v) is 2.98. The van der Waals surface area contributed by atoms with Gasteiger partial charge in [0.1, 0.15) is 0 Å². The molecule has 0 aliphatic rings. The van der Waals surface area contributed by atoms with Crippen LogP contribution >= 0.6 is 0 Å². The monoisotopic (exact) mass is 251 g/mol. The fourth-order valence-corrected chi connectivity index (χ4v) is 2.05. The van der Waals surface area contributed by atoms with Gasteiger partial charge in [0.2, 0.25) is 0 Å². The van der Waals surface area contributed by atoms with Crippen LogP contribution in [-0.2, 0) is 4.74 Å². The summed E-state index contributed by atoms with van der Waals surface area (Å²) in [6.07, 6.45) is 1.86. The zero-order valence-corrected chi connectivity index (χ0v) is 12.0. The van der Waals surface area contributed by atoms with Gasteiger partial charge in [0, 0.05) is 18.5 Å². The van der Waals surface area contributed by atoms with E-state index in [-0.39, 0.29) is 17.6 Å². The predicted molar refractivity (Wildman–Crippen MR) is 73.9 cm³/mol. The third kappa shape index (κ3) is 3.77. The van der Waals surface area contributed by atoms with Crippen LogP contribution in [0.15, 0.2) is 18.3 Å². The van der Waals surface area contributed by atoms with Crippen LogP contribution in [0, 0.1) is 12.3 Å². The summed E-state index contributed by atoms with van der Waals surface area (Å²) in [4.78, 5) is 4.32. The number of aryl methyl sites for hydroxylation is 1. The standard InChI is InChI=1S/C14H25N3O/c1-6-18-13(14(3,4)5)12(17-15)11-8-7-10(2)16-9-11/h7-9,12-13,17H,6,15H2,1-5H3. The maximum absolute atomic E-state index is 5.87. The second-order valence-corrected chi connectivity index (χ2v) is 5.62. The number of hydrogen-bond donors (Lipinski definition) is 2. The van der Waals surface area contributed by atoms with Crippen LogP contribution in [0.5, 0.6) is 0 Å². The number of rotatable bonds is 5. The lowest BCUT2D eigenvalue weighted by Gasteiger charge is -2.36. The van der Waals surface area contributed by atoms with Crippen molar-refractivity contribution in [3.05, 3.63) is 29.6 Å². The fourth-order valence-electron chi connectivity index (χ4n) is 2.05. The topological polar surface area (TPSA) is 60.2 Å². The Labute approximate surface area is 110 Å². The Kier molecular flexibility index (Phi) is 5.26. The summed E-state index contributed by atoms with van der Waals surface area (Å²) in [7, 11) is 0. The highest BCUT2D eigenvalue weighted by Crippen LogP contribution is 2.32. The van der Waals surface area contributed by atoms with Crippen molar-refractivity contribution in [1.29, 1.82) is 0 Å². The van der Waals surface area contributed by atoms with Crippen LogP contribution in [0.25, 0.3) is 0 Å². The molecule has 0 radical (unpaired) electrons. The Morgan fingerprint density at radius 1 is 1.39 bits per heavy atom. The molecule has 102 valence electrons. The lowest BCUT2D eigenvalue weighted by molar-refractivity contribution is -0.0367. The molecule has 3 N–H and O–H groups in total. The summed E-state index contributed by atoms with van der Waals surface area (Å²) in [5.41, 5.74) is 4.91. The Balaban J connectivity index is 3.02. The normalized spacial score (nSPS) is 15.4. The van der Waals surface area contributed by atoms with E-state index in [0.29, 0.717) is 6.61 Å². The fraction of sp³-hybridized carbons (Fsp3) is 0.643. The number of ether oxygens (including phenoxy) is 1. The predicted octanol–water partition coefficient (Wildman–Crippen LogP) is 2.35. The number of hydrogen-bond acceptors (Lipinski definition) is 4. The lowest BCUT2D eigenvalue weighted by atomic mass is 9.82. The molecule has 18 heavy (non-hydrogen) atoms. The molecule has 0 saturated carbocycles. The first-order valence-electron chi connectivity index (χ1n) is 6.40. The van der Waals surface area contributed by atoms with Crippen molar-refractivity contribution in [1.82, 2.24) is 10.4 Å². The van der Waals surface area contributed by atoms with Gasteiger partial charge < -0.3 is 4.74 Å². The van der Waals surface area contributed by atoms with Crippen LogP contribution in [0.3, 0.4) is 0 Å². The van der Waals surface area contributed by atoms with Crippen molar-refractivity contribution in [2.75, 3.05) is 6.61 Å². The largest absolute Gasteiger partial charge is 0.376 e. The molecular weight excluding hydrogens is 226 g/mol. The van der Waals surface area contributed by atoms with E-state index < -0.39 is 0 Å². The molecule has 1 heterocycles. The van der Waals surface area contributed by atoms with Gasteiger partial charge in [0.25, 0.3) is 0 Å². The average Bonchev–Trinajstić information content (AvgIpc) is 2.30. The van der Waals surface area contributed by atoms with E-state index >= 15 is 0 Å². The van der Waals surface area contributed by atoms with E-state index in [1.807, 2.05) is 32.2 Å². The van der Waals surface area contributed by atoms with Crippen molar-refractivity contribution in [2.24, 2.45) is 11.3 Å². The zero-order valence-electron chi connectivity index (χ0n) is 12.0. The lowest BCUT2D eigenvalue weighted by Crippen LogP contribution is -2.44. The van der Waals surface area contributed by atoms with Gasteiger partial charge in [0.05, 0.1) is 12.1 Å². The number of aromatic nitrogens is 1. The maximum atomic E-state index is 5.87. The molecule has 1 aromatic heterocycles. The van der Waals surface area contributed by atoms with Crippen molar-refractivity contribution in [3.8, 4) is 0 Å². The molecule has 0 amide bonds. The van der Waals surface area contributed by atoms with Gasteiger partial charge in [-0.3, -0.25) is 16.3 Å². The summed E-state index contributed by atoms with van der Waals surface area (Å²) in [5, 5.41) is 0. The van der Waals surface area contributed by atoms with Gasteiger partial charge in [0.15, 0.2) is 0 Å². The molecule has 1 rings (SSSR count). The summed E-state index contributed by atoms with van der Waals surface area (Å²) in [6, 6.07) is 3.98. The minimum Gasteiger partial charge on any atom is -0.376 e. The van der Waals surface area contributed by atoms with E-state index in [0.717, 1.165) is 11.3 Å². The molecule has 0 fully saturated rings. The minimum absolute atomic E-state index is 0.00205. The molecule has 4 heteroatoms. The number of hydrazine groups is 1. The second kappa shape index (κ2) is 6.27. The van der Waals surface area contributed by atoms with Crippen LogP contribution < -0.4 is 11.3 Å². The van der Waals surface area contributed by atoms with E-state index in [1.54, 1.807) is 0 Å². The van der Waals surface area contributed by atoms with Crippen molar-refractivity contribution >= 4 is 0 Å². The highest BCUT2D eigenvalue weighted by Gasteiger charge is 2.33. The average molecular weight is 251 g/mol. The van der Waals surface area contributed by atoms with Crippen molar-refractivity contribution in [2.45, 2.75) is 46.8 Å². The van der Waals surface area contributed by atoms with Gasteiger partial charge in [-0.25, -0.2) is 0 Å². The molecular formula is C14H25N3O. The van der Waals surface area contributed by atoms with E-state index in [2.05, 4.69) is 31.2 Å². The van der Waals surface area contributed by atoms with E-state index in [4.69, 9.17) is 10.6 Å².